The molecule has 2 unspecified atom stereocenters. The number of rotatable bonds is 1. The molecule has 0 spiro atoms. The van der Waals surface area contributed by atoms with Gasteiger partial charge in [-0.2, -0.15) is 0 Å². The van der Waals surface area contributed by atoms with Crippen molar-refractivity contribution in [2.45, 2.75) is 18.5 Å². The summed E-state index contributed by atoms with van der Waals surface area (Å²) in [5, 5.41) is 0. The molecule has 3 heteroatoms. The van der Waals surface area contributed by atoms with Gasteiger partial charge >= 0.3 is 0 Å². The molecule has 0 amide bonds. The van der Waals surface area contributed by atoms with Crippen molar-refractivity contribution < 1.29 is 0 Å². The molecule has 0 heterocycles. The molecule has 0 aliphatic heterocycles. The summed E-state index contributed by atoms with van der Waals surface area (Å²) in [4.78, 5) is 2.04. The summed E-state index contributed by atoms with van der Waals surface area (Å²) in [5.41, 5.74) is 12.4. The third-order valence-electron chi connectivity index (χ3n) is 2.17. The monoisotopic (exact) mass is 167 g/mol. The first-order chi connectivity index (χ1) is 5.45. The van der Waals surface area contributed by atoms with Crippen LogP contribution in [-0.2, 0) is 0 Å². The lowest BCUT2D eigenvalue weighted by Gasteiger charge is -2.38. The molecule has 0 bridgehead atoms. The summed E-state index contributed by atoms with van der Waals surface area (Å²) in [6.07, 6.45) is 5.79. The van der Waals surface area contributed by atoms with Crippen LogP contribution in [-0.4, -0.2) is 30.6 Å². The highest BCUT2D eigenvalue weighted by Crippen LogP contribution is 2.21. The Morgan fingerprint density at radius 3 is 2.42 bits per heavy atom. The van der Waals surface area contributed by atoms with Crippen LogP contribution in [0, 0.1) is 0 Å². The lowest BCUT2D eigenvalue weighted by molar-refractivity contribution is 0.251. The molecule has 0 aromatic rings. The fraction of sp³-hybridized carbons (Fsp3) is 0.556. The highest BCUT2D eigenvalue weighted by molar-refractivity contribution is 5.30. The van der Waals surface area contributed by atoms with E-state index in [1.165, 1.54) is 0 Å². The average Bonchev–Trinajstić information content (AvgIpc) is 1.82. The van der Waals surface area contributed by atoms with E-state index < -0.39 is 0 Å². The Morgan fingerprint density at radius 1 is 1.50 bits per heavy atom. The molecule has 0 saturated carbocycles. The van der Waals surface area contributed by atoms with Gasteiger partial charge in [0.1, 0.15) is 0 Å². The van der Waals surface area contributed by atoms with E-state index in [-0.39, 0.29) is 11.6 Å². The molecule has 0 aromatic carbocycles. The second-order valence-electron chi connectivity index (χ2n) is 3.76. The molecule has 3 nitrogen and oxygen atoms in total. The van der Waals surface area contributed by atoms with Gasteiger partial charge < -0.3 is 11.5 Å². The predicted molar refractivity (Wildman–Crippen MR) is 51.5 cm³/mol. The Morgan fingerprint density at radius 2 is 2.08 bits per heavy atom. The molecule has 0 fully saturated rings. The fourth-order valence-electron chi connectivity index (χ4n) is 1.76. The minimum atomic E-state index is -0.359. The molecule has 2 atom stereocenters. The van der Waals surface area contributed by atoms with Crippen molar-refractivity contribution in [3.63, 3.8) is 0 Å². The average molecular weight is 167 g/mol. The maximum atomic E-state index is 6.06. The summed E-state index contributed by atoms with van der Waals surface area (Å²) in [6.45, 7) is 1.98. The van der Waals surface area contributed by atoms with Gasteiger partial charge in [0.2, 0.25) is 0 Å². The van der Waals surface area contributed by atoms with Crippen LogP contribution < -0.4 is 11.5 Å². The van der Waals surface area contributed by atoms with Gasteiger partial charge in [-0.3, -0.25) is 4.90 Å². The van der Waals surface area contributed by atoms with Crippen molar-refractivity contribution >= 4 is 0 Å². The summed E-state index contributed by atoms with van der Waals surface area (Å²) in [5.74, 6) is 0. The number of allylic oxidation sites excluding steroid dienone is 2. The molecule has 1 aliphatic carbocycles. The van der Waals surface area contributed by atoms with Crippen LogP contribution in [0.1, 0.15) is 6.92 Å². The van der Waals surface area contributed by atoms with Crippen molar-refractivity contribution in [2.75, 3.05) is 14.1 Å². The second kappa shape index (κ2) is 2.92. The molecule has 4 N–H and O–H groups in total. The number of likely N-dealkylation sites (N-methyl/N-ethyl adjacent to an activating group) is 1. The SMILES string of the molecule is CN(C)C1C(N)=CC=CC1(C)N. The molecular weight excluding hydrogens is 150 g/mol. The van der Waals surface area contributed by atoms with Crippen molar-refractivity contribution in [3.05, 3.63) is 23.9 Å². The van der Waals surface area contributed by atoms with Gasteiger partial charge in [0, 0.05) is 5.70 Å². The zero-order valence-electron chi connectivity index (χ0n) is 7.91. The fourth-order valence-corrected chi connectivity index (χ4v) is 1.76. The van der Waals surface area contributed by atoms with Crippen LogP contribution in [0.2, 0.25) is 0 Å². The van der Waals surface area contributed by atoms with Crippen LogP contribution in [0.4, 0.5) is 0 Å². The smallest absolute Gasteiger partial charge is 0.0703 e. The molecular formula is C9H17N3. The van der Waals surface area contributed by atoms with E-state index in [9.17, 15) is 0 Å². The van der Waals surface area contributed by atoms with Crippen molar-refractivity contribution in [1.82, 2.24) is 4.90 Å². The summed E-state index contributed by atoms with van der Waals surface area (Å²) in [6, 6.07) is 0.0995. The van der Waals surface area contributed by atoms with Crippen LogP contribution in [0.5, 0.6) is 0 Å². The Labute approximate surface area is 73.7 Å². The third-order valence-corrected chi connectivity index (χ3v) is 2.17. The topological polar surface area (TPSA) is 55.3 Å². The zero-order valence-corrected chi connectivity index (χ0v) is 7.91. The maximum Gasteiger partial charge on any atom is 0.0703 e. The van der Waals surface area contributed by atoms with Gasteiger partial charge in [-0.05, 0) is 27.1 Å². The minimum absolute atomic E-state index is 0.0995. The predicted octanol–water partition coefficient (Wildman–Crippen LogP) is 0.0464. The Bertz CT molecular complexity index is 226. The standard InChI is InChI=1S/C9H17N3/c1-9(11)6-4-5-7(10)8(9)12(2)3/h4-6,8H,10-11H2,1-3H3. The van der Waals surface area contributed by atoms with Crippen molar-refractivity contribution in [1.29, 1.82) is 0 Å². The molecule has 0 radical (unpaired) electrons. The van der Waals surface area contributed by atoms with E-state index in [0.29, 0.717) is 0 Å². The van der Waals surface area contributed by atoms with Crippen molar-refractivity contribution in [2.24, 2.45) is 11.5 Å². The van der Waals surface area contributed by atoms with Crippen LogP contribution >= 0.6 is 0 Å². The minimum Gasteiger partial charge on any atom is -0.401 e. The first-order valence-electron chi connectivity index (χ1n) is 4.05. The van der Waals surface area contributed by atoms with Crippen LogP contribution in [0.15, 0.2) is 23.9 Å². The quantitative estimate of drug-likeness (QED) is 0.580. The Hall–Kier alpha value is -0.800. The third kappa shape index (κ3) is 1.52. The normalized spacial score (nSPS) is 35.4. The summed E-state index contributed by atoms with van der Waals surface area (Å²) >= 11 is 0. The Balaban J connectivity index is 2.95. The largest absolute Gasteiger partial charge is 0.401 e. The lowest BCUT2D eigenvalue weighted by Crippen LogP contribution is -2.56. The highest BCUT2D eigenvalue weighted by atomic mass is 15.1. The molecule has 68 valence electrons. The van der Waals surface area contributed by atoms with Gasteiger partial charge in [0.25, 0.3) is 0 Å². The van der Waals surface area contributed by atoms with Gasteiger partial charge in [-0.15, -0.1) is 0 Å². The van der Waals surface area contributed by atoms with E-state index in [2.05, 4.69) is 0 Å². The highest BCUT2D eigenvalue weighted by Gasteiger charge is 2.32. The van der Waals surface area contributed by atoms with Crippen molar-refractivity contribution in [3.8, 4) is 0 Å². The number of hydrogen-bond donors (Lipinski definition) is 2. The number of nitrogens with zero attached hydrogens (tertiary/aromatic N) is 1. The van der Waals surface area contributed by atoms with Gasteiger partial charge in [-0.1, -0.05) is 12.2 Å². The Kier molecular flexibility index (Phi) is 2.26. The maximum absolute atomic E-state index is 6.06. The van der Waals surface area contributed by atoms with Crippen LogP contribution in [0.3, 0.4) is 0 Å². The molecule has 1 aliphatic rings. The summed E-state index contributed by atoms with van der Waals surface area (Å²) in [7, 11) is 3.96. The first-order valence-corrected chi connectivity index (χ1v) is 4.05. The van der Waals surface area contributed by atoms with Gasteiger partial charge in [0.15, 0.2) is 0 Å². The number of hydrogen-bond acceptors (Lipinski definition) is 3. The van der Waals surface area contributed by atoms with E-state index >= 15 is 0 Å². The second-order valence-corrected chi connectivity index (χ2v) is 3.76. The van der Waals surface area contributed by atoms with Gasteiger partial charge in [0.05, 0.1) is 11.6 Å². The lowest BCUT2D eigenvalue weighted by atomic mass is 9.86. The molecule has 1 rings (SSSR count). The van der Waals surface area contributed by atoms with Crippen LogP contribution in [0.25, 0.3) is 0 Å². The van der Waals surface area contributed by atoms with E-state index in [1.807, 2.05) is 44.1 Å². The van der Waals surface area contributed by atoms with E-state index in [0.717, 1.165) is 5.70 Å². The molecule has 0 aromatic heterocycles. The first kappa shape index (κ1) is 9.29. The zero-order chi connectivity index (χ0) is 9.35. The van der Waals surface area contributed by atoms with Gasteiger partial charge in [-0.25, -0.2) is 0 Å². The summed E-state index contributed by atoms with van der Waals surface area (Å²) < 4.78 is 0. The van der Waals surface area contributed by atoms with E-state index in [1.54, 1.807) is 0 Å². The molecule has 12 heavy (non-hydrogen) atoms. The van der Waals surface area contributed by atoms with E-state index in [4.69, 9.17) is 11.5 Å². The number of nitrogens with two attached hydrogens (primary N) is 2. The molecule has 0 saturated heterocycles.